The Kier molecular flexibility index (Phi) is 9.03. The lowest BCUT2D eigenvalue weighted by Crippen LogP contribution is -2.39. The van der Waals surface area contributed by atoms with Crippen LogP contribution in [0.25, 0.3) is 0 Å². The van der Waals surface area contributed by atoms with Gasteiger partial charge in [-0.1, -0.05) is 12.1 Å². The first kappa shape index (κ1) is 27.1. The van der Waals surface area contributed by atoms with Gasteiger partial charge in [-0.3, -0.25) is 14.6 Å². The molecular formula is C26H34N4O6. The van der Waals surface area contributed by atoms with Gasteiger partial charge in [0, 0.05) is 31.3 Å². The summed E-state index contributed by atoms with van der Waals surface area (Å²) in [5, 5.41) is 22.7. The van der Waals surface area contributed by atoms with Crippen LogP contribution >= 0.6 is 0 Å². The number of nitrogens with one attached hydrogen (secondary N) is 1. The lowest BCUT2D eigenvalue weighted by molar-refractivity contribution is -0.129. The standard InChI is InChI=1S/C26H34N4O6/c1-26(2,35-3)10-13-36-22-7-5-4-6-20(22)30(11-12-31)23(33)15-21(32)25(34)29-18-8-9-19-17(14-18)16-28-24(19)27/h4-9,14,21,31-32H,10-13,15-16H2,1-3H3,(H2,27,28)(H,29,34)/t21-/m1/s1. The van der Waals surface area contributed by atoms with Crippen LogP contribution in [0.1, 0.15) is 37.8 Å². The Morgan fingerprint density at radius 2 is 2.00 bits per heavy atom. The Morgan fingerprint density at radius 1 is 1.25 bits per heavy atom. The fraction of sp³-hybridized carbons (Fsp3) is 0.423. The van der Waals surface area contributed by atoms with Crippen molar-refractivity contribution in [1.82, 2.24) is 0 Å². The first-order valence-electron chi connectivity index (χ1n) is 11.8. The predicted octanol–water partition coefficient (Wildman–Crippen LogP) is 1.81. The molecule has 1 aliphatic heterocycles. The van der Waals surface area contributed by atoms with Gasteiger partial charge in [0.1, 0.15) is 17.7 Å². The molecule has 1 heterocycles. The number of carbonyl (C=O) groups excluding carboxylic acids is 2. The van der Waals surface area contributed by atoms with Gasteiger partial charge >= 0.3 is 0 Å². The van der Waals surface area contributed by atoms with E-state index in [1.165, 1.54) is 4.90 Å². The van der Waals surface area contributed by atoms with Crippen molar-refractivity contribution in [3.05, 3.63) is 53.6 Å². The number of para-hydroxylation sites is 2. The van der Waals surface area contributed by atoms with Gasteiger partial charge in [0.05, 0.1) is 37.5 Å². The highest BCUT2D eigenvalue weighted by Crippen LogP contribution is 2.29. The van der Waals surface area contributed by atoms with E-state index < -0.39 is 24.3 Å². The van der Waals surface area contributed by atoms with E-state index >= 15 is 0 Å². The third kappa shape index (κ3) is 6.81. The van der Waals surface area contributed by atoms with Gasteiger partial charge in [0.15, 0.2) is 0 Å². The number of hydrogen-bond acceptors (Lipinski definition) is 8. The maximum Gasteiger partial charge on any atom is 0.253 e. The Bertz CT molecular complexity index is 1120. The second kappa shape index (κ2) is 12.0. The number of amidine groups is 1. The minimum atomic E-state index is -1.59. The first-order chi connectivity index (χ1) is 17.1. The molecule has 0 saturated carbocycles. The molecule has 3 rings (SSSR count). The Balaban J connectivity index is 1.65. The first-order valence-corrected chi connectivity index (χ1v) is 11.8. The van der Waals surface area contributed by atoms with Gasteiger partial charge in [-0.15, -0.1) is 0 Å². The second-order valence-corrected chi connectivity index (χ2v) is 9.08. The van der Waals surface area contributed by atoms with Crippen molar-refractivity contribution in [2.75, 3.05) is 37.1 Å². The minimum absolute atomic E-state index is 0.0245. The molecule has 0 bridgehead atoms. The number of hydrogen-bond donors (Lipinski definition) is 4. The summed E-state index contributed by atoms with van der Waals surface area (Å²) >= 11 is 0. The molecule has 194 valence electrons. The van der Waals surface area contributed by atoms with Gasteiger partial charge in [-0.05, 0) is 49.7 Å². The number of methoxy groups -OCH3 is 1. The molecule has 1 aliphatic rings. The number of amides is 2. The van der Waals surface area contributed by atoms with E-state index in [0.29, 0.717) is 42.5 Å². The molecule has 0 aromatic heterocycles. The summed E-state index contributed by atoms with van der Waals surface area (Å²) in [6.07, 6.45) is -1.45. The quantitative estimate of drug-likeness (QED) is 0.349. The van der Waals surface area contributed by atoms with Crippen molar-refractivity contribution >= 4 is 29.0 Å². The fourth-order valence-corrected chi connectivity index (χ4v) is 3.69. The lowest BCUT2D eigenvalue weighted by atomic mass is 10.1. The molecule has 0 fully saturated rings. The number of aliphatic hydroxyl groups excluding tert-OH is 2. The second-order valence-electron chi connectivity index (χ2n) is 9.08. The topological polar surface area (TPSA) is 147 Å². The zero-order valence-corrected chi connectivity index (χ0v) is 20.9. The summed E-state index contributed by atoms with van der Waals surface area (Å²) in [6.45, 7) is 4.33. The third-order valence-corrected chi connectivity index (χ3v) is 6.03. The molecule has 1 atom stereocenters. The highest BCUT2D eigenvalue weighted by molar-refractivity contribution is 6.03. The SMILES string of the molecule is COC(C)(C)CCOc1ccccc1N(CCO)C(=O)C[C@@H](O)C(=O)Nc1ccc2c(c1)CN=C2N. The van der Waals surface area contributed by atoms with Crippen molar-refractivity contribution < 1.29 is 29.3 Å². The fourth-order valence-electron chi connectivity index (χ4n) is 3.69. The molecule has 2 aromatic rings. The minimum Gasteiger partial charge on any atom is -0.491 e. The van der Waals surface area contributed by atoms with Gasteiger partial charge in [-0.2, -0.15) is 0 Å². The van der Waals surface area contributed by atoms with E-state index in [4.69, 9.17) is 15.2 Å². The van der Waals surface area contributed by atoms with Crippen molar-refractivity contribution in [3.8, 4) is 5.75 Å². The van der Waals surface area contributed by atoms with Crippen molar-refractivity contribution in [1.29, 1.82) is 0 Å². The molecule has 0 aliphatic carbocycles. The zero-order chi connectivity index (χ0) is 26.3. The van der Waals surface area contributed by atoms with Crippen LogP contribution in [0.2, 0.25) is 0 Å². The van der Waals surface area contributed by atoms with Crippen LogP contribution in [-0.4, -0.2) is 66.4 Å². The van der Waals surface area contributed by atoms with Crippen LogP contribution in [-0.2, 0) is 20.9 Å². The highest BCUT2D eigenvalue weighted by atomic mass is 16.5. The Hall–Kier alpha value is -3.47. The van der Waals surface area contributed by atoms with E-state index in [2.05, 4.69) is 10.3 Å². The highest BCUT2D eigenvalue weighted by Gasteiger charge is 2.26. The third-order valence-electron chi connectivity index (χ3n) is 6.03. The molecule has 0 radical (unpaired) electrons. The monoisotopic (exact) mass is 498 g/mol. The number of ether oxygens (including phenoxy) is 2. The van der Waals surface area contributed by atoms with Crippen LogP contribution < -0.4 is 20.7 Å². The normalized spacial score (nSPS) is 13.5. The number of rotatable bonds is 12. The number of fused-ring (bicyclic) bond motifs is 1. The number of nitrogens with zero attached hydrogens (tertiary/aromatic N) is 2. The number of aliphatic imine (C=N–C) groups is 1. The maximum atomic E-state index is 13.1. The van der Waals surface area contributed by atoms with Gasteiger partial charge in [0.25, 0.3) is 5.91 Å². The summed E-state index contributed by atoms with van der Waals surface area (Å²) in [7, 11) is 1.63. The van der Waals surface area contributed by atoms with Gasteiger partial charge < -0.3 is 35.6 Å². The molecule has 2 amide bonds. The van der Waals surface area contributed by atoms with Crippen molar-refractivity contribution in [2.45, 2.75) is 44.9 Å². The Morgan fingerprint density at radius 3 is 2.72 bits per heavy atom. The molecule has 0 spiro atoms. The molecule has 10 heteroatoms. The zero-order valence-electron chi connectivity index (χ0n) is 20.9. The van der Waals surface area contributed by atoms with Crippen LogP contribution in [0.15, 0.2) is 47.5 Å². The van der Waals surface area contributed by atoms with E-state index in [1.54, 1.807) is 49.6 Å². The molecule has 36 heavy (non-hydrogen) atoms. The van der Waals surface area contributed by atoms with E-state index in [1.807, 2.05) is 13.8 Å². The van der Waals surface area contributed by atoms with Crippen LogP contribution in [0, 0.1) is 0 Å². The molecular weight excluding hydrogens is 464 g/mol. The summed E-state index contributed by atoms with van der Waals surface area (Å²) in [5.74, 6) is -0.352. The number of anilines is 2. The molecule has 10 nitrogen and oxygen atoms in total. The average molecular weight is 499 g/mol. The molecule has 5 N–H and O–H groups in total. The smallest absolute Gasteiger partial charge is 0.253 e. The number of aliphatic hydroxyl groups is 2. The molecule has 0 unspecified atom stereocenters. The lowest BCUT2D eigenvalue weighted by Gasteiger charge is -2.26. The number of benzene rings is 2. The van der Waals surface area contributed by atoms with E-state index in [0.717, 1.165) is 11.1 Å². The van der Waals surface area contributed by atoms with Gasteiger partial charge in [-0.25, -0.2) is 0 Å². The number of carbonyl (C=O) groups is 2. The molecule has 0 saturated heterocycles. The van der Waals surface area contributed by atoms with Crippen LogP contribution in [0.4, 0.5) is 11.4 Å². The number of nitrogens with two attached hydrogens (primary N) is 1. The largest absolute Gasteiger partial charge is 0.491 e. The van der Waals surface area contributed by atoms with E-state index in [9.17, 15) is 19.8 Å². The Labute approximate surface area is 210 Å². The van der Waals surface area contributed by atoms with Gasteiger partial charge in [0.2, 0.25) is 5.91 Å². The summed E-state index contributed by atoms with van der Waals surface area (Å²) in [5.41, 5.74) is 8.04. The van der Waals surface area contributed by atoms with E-state index in [-0.39, 0.29) is 18.8 Å². The average Bonchev–Trinajstić information content (AvgIpc) is 3.22. The van der Waals surface area contributed by atoms with Crippen LogP contribution in [0.3, 0.4) is 0 Å². The maximum absolute atomic E-state index is 13.1. The van der Waals surface area contributed by atoms with Crippen molar-refractivity contribution in [2.24, 2.45) is 10.7 Å². The summed E-state index contributed by atoms with van der Waals surface area (Å²) in [4.78, 5) is 31.1. The molecule has 2 aromatic carbocycles. The van der Waals surface area contributed by atoms with Crippen molar-refractivity contribution in [3.63, 3.8) is 0 Å². The predicted molar refractivity (Wildman–Crippen MR) is 137 cm³/mol. The van der Waals surface area contributed by atoms with Crippen LogP contribution in [0.5, 0.6) is 5.75 Å². The summed E-state index contributed by atoms with van der Waals surface area (Å²) < 4.78 is 11.3. The summed E-state index contributed by atoms with van der Waals surface area (Å²) in [6, 6.07) is 12.1.